The highest BCUT2D eigenvalue weighted by Crippen LogP contribution is 2.41. The molecule has 48 heavy (non-hydrogen) atoms. The van der Waals surface area contributed by atoms with Crippen LogP contribution in [0.3, 0.4) is 0 Å². The van der Waals surface area contributed by atoms with Gasteiger partial charge in [0.25, 0.3) is 0 Å². The number of furan rings is 1. The zero-order chi connectivity index (χ0) is 32.0. The normalized spacial score (nSPS) is 11.4. The first kappa shape index (κ1) is 27.9. The van der Waals surface area contributed by atoms with E-state index >= 15 is 0 Å². The predicted molar refractivity (Wildman–Crippen MR) is 199 cm³/mol. The minimum absolute atomic E-state index is 0.688. The van der Waals surface area contributed by atoms with Gasteiger partial charge in [0.05, 0.1) is 11.4 Å². The molecule has 0 unspecified atom stereocenters. The van der Waals surface area contributed by atoms with Gasteiger partial charge in [-0.1, -0.05) is 152 Å². The van der Waals surface area contributed by atoms with E-state index in [1.54, 1.807) is 0 Å². The number of aromatic nitrogens is 2. The zero-order valence-electron chi connectivity index (χ0n) is 26.4. The molecule has 0 spiro atoms. The highest BCUT2D eigenvalue weighted by molar-refractivity contribution is 6.19. The van der Waals surface area contributed by atoms with Gasteiger partial charge >= 0.3 is 0 Å². The van der Waals surface area contributed by atoms with Crippen LogP contribution in [0.4, 0.5) is 0 Å². The summed E-state index contributed by atoms with van der Waals surface area (Å²) < 4.78 is 6.56. The molecule has 0 saturated carbocycles. The first-order chi connectivity index (χ1) is 23.7. The van der Waals surface area contributed by atoms with Crippen LogP contribution in [0.1, 0.15) is 5.56 Å². The number of fused-ring (bicyclic) bond motifs is 5. The minimum atomic E-state index is 0.688. The summed E-state index contributed by atoms with van der Waals surface area (Å²) in [4.78, 5) is 10.6. The molecular weight excluding hydrogens is 585 g/mol. The lowest BCUT2D eigenvalue weighted by atomic mass is 9.95. The van der Waals surface area contributed by atoms with Gasteiger partial charge in [0.15, 0.2) is 5.82 Å². The van der Waals surface area contributed by atoms with Crippen LogP contribution in [0.2, 0.25) is 0 Å². The fraction of sp³-hybridized carbons (Fsp3) is 0.0222. The Kier molecular flexibility index (Phi) is 6.69. The SMILES string of the molecule is Cc1c(-c2ccc(-c3ccccc3)cc2)nc(-c2ccc(-c3ccccc3)cc2)nc1-c1cccc2oc3c4ccccc4ccc3c12. The standard InChI is InChI=1S/C45H30N2O/c1-29-42(35-23-19-32(20-24-35)30-11-4-2-5-12-30)46-45(36-25-21-33(22-26-36)31-13-6-3-7-14-31)47-43(29)38-17-10-18-40-41(38)39-28-27-34-15-8-9-16-37(34)44(39)48-40/h2-28H,1H3. The van der Waals surface area contributed by atoms with Gasteiger partial charge in [-0.25, -0.2) is 9.97 Å². The van der Waals surface area contributed by atoms with Crippen LogP contribution < -0.4 is 0 Å². The van der Waals surface area contributed by atoms with E-state index in [1.165, 1.54) is 16.7 Å². The summed E-state index contributed by atoms with van der Waals surface area (Å²) in [6.07, 6.45) is 0. The molecule has 0 amide bonds. The monoisotopic (exact) mass is 614 g/mol. The third kappa shape index (κ3) is 4.76. The first-order valence-electron chi connectivity index (χ1n) is 16.2. The molecule has 0 aliphatic rings. The largest absolute Gasteiger partial charge is 0.455 e. The molecule has 0 atom stereocenters. The fourth-order valence-corrected chi connectivity index (χ4v) is 6.83. The maximum absolute atomic E-state index is 6.56. The van der Waals surface area contributed by atoms with E-state index in [0.717, 1.165) is 71.9 Å². The van der Waals surface area contributed by atoms with Crippen LogP contribution in [0.15, 0.2) is 168 Å². The van der Waals surface area contributed by atoms with Crippen LogP contribution in [-0.4, -0.2) is 9.97 Å². The summed E-state index contributed by atoms with van der Waals surface area (Å²) in [6.45, 7) is 2.13. The molecular formula is C45H30N2O. The Bertz CT molecular complexity index is 2590. The van der Waals surface area contributed by atoms with Gasteiger partial charge in [0.2, 0.25) is 0 Å². The van der Waals surface area contributed by atoms with Gasteiger partial charge in [0, 0.05) is 38.4 Å². The van der Waals surface area contributed by atoms with Crippen molar-refractivity contribution in [1.29, 1.82) is 0 Å². The van der Waals surface area contributed by atoms with Crippen LogP contribution in [-0.2, 0) is 0 Å². The van der Waals surface area contributed by atoms with Gasteiger partial charge in [0.1, 0.15) is 11.2 Å². The van der Waals surface area contributed by atoms with Crippen molar-refractivity contribution in [3.8, 4) is 56.2 Å². The van der Waals surface area contributed by atoms with Crippen molar-refractivity contribution in [2.24, 2.45) is 0 Å². The highest BCUT2D eigenvalue weighted by Gasteiger charge is 2.20. The molecule has 9 rings (SSSR count). The van der Waals surface area contributed by atoms with E-state index in [1.807, 2.05) is 12.1 Å². The molecule has 0 fully saturated rings. The van der Waals surface area contributed by atoms with E-state index in [4.69, 9.17) is 14.4 Å². The topological polar surface area (TPSA) is 38.9 Å². The van der Waals surface area contributed by atoms with Crippen LogP contribution >= 0.6 is 0 Å². The smallest absolute Gasteiger partial charge is 0.160 e. The van der Waals surface area contributed by atoms with Gasteiger partial charge in [-0.05, 0) is 46.7 Å². The van der Waals surface area contributed by atoms with Crippen LogP contribution in [0.5, 0.6) is 0 Å². The molecule has 3 nitrogen and oxygen atoms in total. The van der Waals surface area contributed by atoms with Crippen molar-refractivity contribution in [3.63, 3.8) is 0 Å². The van der Waals surface area contributed by atoms with E-state index in [-0.39, 0.29) is 0 Å². The average molecular weight is 615 g/mol. The number of nitrogens with zero attached hydrogens (tertiary/aromatic N) is 2. The van der Waals surface area contributed by atoms with Crippen molar-refractivity contribution >= 4 is 32.7 Å². The molecule has 226 valence electrons. The van der Waals surface area contributed by atoms with Gasteiger partial charge in [-0.3, -0.25) is 0 Å². The lowest BCUT2D eigenvalue weighted by molar-refractivity contribution is 0.673. The lowest BCUT2D eigenvalue weighted by Crippen LogP contribution is -2.00. The quantitative estimate of drug-likeness (QED) is 0.194. The van der Waals surface area contributed by atoms with Crippen molar-refractivity contribution < 1.29 is 4.42 Å². The molecule has 0 saturated heterocycles. The van der Waals surface area contributed by atoms with Crippen molar-refractivity contribution in [2.75, 3.05) is 0 Å². The predicted octanol–water partition coefficient (Wildman–Crippen LogP) is 12.2. The summed E-state index contributed by atoms with van der Waals surface area (Å²) in [5, 5.41) is 4.41. The molecule has 3 heteroatoms. The van der Waals surface area contributed by atoms with Gasteiger partial charge < -0.3 is 4.42 Å². The number of benzene rings is 7. The minimum Gasteiger partial charge on any atom is -0.455 e. The number of rotatable bonds is 5. The average Bonchev–Trinajstić information content (AvgIpc) is 3.56. The maximum Gasteiger partial charge on any atom is 0.160 e. The van der Waals surface area contributed by atoms with E-state index in [9.17, 15) is 0 Å². The molecule has 0 aliphatic carbocycles. The zero-order valence-corrected chi connectivity index (χ0v) is 26.4. The van der Waals surface area contributed by atoms with E-state index < -0.39 is 0 Å². The third-order valence-electron chi connectivity index (χ3n) is 9.30. The summed E-state index contributed by atoms with van der Waals surface area (Å²) >= 11 is 0. The van der Waals surface area contributed by atoms with Crippen molar-refractivity contribution in [1.82, 2.24) is 9.97 Å². The second kappa shape index (κ2) is 11.5. The Balaban J connectivity index is 1.25. The molecule has 2 aromatic heterocycles. The maximum atomic E-state index is 6.56. The fourth-order valence-electron chi connectivity index (χ4n) is 6.83. The van der Waals surface area contributed by atoms with Crippen LogP contribution in [0.25, 0.3) is 88.9 Å². The van der Waals surface area contributed by atoms with Crippen molar-refractivity contribution in [3.05, 3.63) is 169 Å². The first-order valence-corrected chi connectivity index (χ1v) is 16.2. The van der Waals surface area contributed by atoms with Gasteiger partial charge in [-0.2, -0.15) is 0 Å². The van der Waals surface area contributed by atoms with Gasteiger partial charge in [-0.15, -0.1) is 0 Å². The number of hydrogen-bond donors (Lipinski definition) is 0. The second-order valence-electron chi connectivity index (χ2n) is 12.2. The Hall–Kier alpha value is -6.32. The number of hydrogen-bond acceptors (Lipinski definition) is 3. The summed E-state index contributed by atoms with van der Waals surface area (Å²) in [5.41, 5.74) is 12.3. The highest BCUT2D eigenvalue weighted by atomic mass is 16.3. The van der Waals surface area contributed by atoms with Crippen molar-refractivity contribution in [2.45, 2.75) is 6.92 Å². The summed E-state index contributed by atoms with van der Waals surface area (Å²) in [6, 6.07) is 57.2. The molecule has 7 aromatic carbocycles. The third-order valence-corrected chi connectivity index (χ3v) is 9.30. The van der Waals surface area contributed by atoms with E-state index in [2.05, 4.69) is 159 Å². The Morgan fingerprint density at radius 2 is 0.979 bits per heavy atom. The molecule has 0 bridgehead atoms. The molecule has 0 N–H and O–H groups in total. The lowest BCUT2D eigenvalue weighted by Gasteiger charge is -2.15. The Morgan fingerprint density at radius 3 is 1.67 bits per heavy atom. The van der Waals surface area contributed by atoms with Crippen LogP contribution in [0, 0.1) is 6.92 Å². The van der Waals surface area contributed by atoms with E-state index in [0.29, 0.717) is 5.82 Å². The Morgan fingerprint density at radius 1 is 0.417 bits per heavy atom. The molecule has 0 aliphatic heterocycles. The summed E-state index contributed by atoms with van der Waals surface area (Å²) in [7, 11) is 0. The molecule has 2 heterocycles. The molecule has 0 radical (unpaired) electrons. The second-order valence-corrected chi connectivity index (χ2v) is 12.2. The molecule has 9 aromatic rings. The summed E-state index contributed by atoms with van der Waals surface area (Å²) in [5.74, 6) is 0.688. The Labute approximate surface area is 278 Å².